The minimum atomic E-state index is -0.547. The molecule has 0 unspecified atom stereocenters. The van der Waals surface area contributed by atoms with Crippen molar-refractivity contribution in [1.82, 2.24) is 0 Å². The molecule has 0 saturated carbocycles. The van der Waals surface area contributed by atoms with Gasteiger partial charge in [0.05, 0.1) is 38.4 Å². The van der Waals surface area contributed by atoms with Gasteiger partial charge in [-0.05, 0) is 74.7 Å². The predicted octanol–water partition coefficient (Wildman–Crippen LogP) is 4.78. The van der Waals surface area contributed by atoms with E-state index in [4.69, 9.17) is 23.7 Å². The maximum atomic E-state index is 12.8. The second kappa shape index (κ2) is 14.8. The first-order valence-corrected chi connectivity index (χ1v) is 12.3. The molecule has 0 atom stereocenters. The second-order valence-corrected chi connectivity index (χ2v) is 8.97. The Hall–Kier alpha value is -3.85. The molecule has 0 saturated heterocycles. The van der Waals surface area contributed by atoms with Gasteiger partial charge in [-0.2, -0.15) is 0 Å². The number of methoxy groups -OCH3 is 2. The van der Waals surface area contributed by atoms with Crippen LogP contribution in [0.15, 0.2) is 42.5 Å². The lowest BCUT2D eigenvalue weighted by Gasteiger charge is -2.20. The van der Waals surface area contributed by atoms with E-state index in [0.717, 1.165) is 0 Å². The Morgan fingerprint density at radius 1 is 0.921 bits per heavy atom. The minimum Gasteiger partial charge on any atom is -0.493 e. The molecular weight excluding hydrogens is 492 g/mol. The summed E-state index contributed by atoms with van der Waals surface area (Å²) in [7, 11) is 2.75. The van der Waals surface area contributed by atoms with Crippen molar-refractivity contribution < 1.29 is 42.8 Å². The molecule has 2 aromatic rings. The Balaban J connectivity index is 1.85. The summed E-state index contributed by atoms with van der Waals surface area (Å²) in [5.74, 6) is -0.103. The predicted molar refractivity (Wildman–Crippen MR) is 142 cm³/mol. The molecule has 9 nitrogen and oxygen atoms in total. The quantitative estimate of drug-likeness (QED) is 0.148. The van der Waals surface area contributed by atoms with E-state index in [1.165, 1.54) is 20.3 Å². The van der Waals surface area contributed by atoms with Crippen LogP contribution < -0.4 is 14.2 Å². The van der Waals surface area contributed by atoms with Gasteiger partial charge in [0.2, 0.25) is 0 Å². The number of aryl methyl sites for hydroxylation is 1. The lowest BCUT2D eigenvalue weighted by Crippen LogP contribution is -2.27. The van der Waals surface area contributed by atoms with Crippen molar-refractivity contribution in [3.8, 4) is 17.2 Å². The zero-order valence-corrected chi connectivity index (χ0v) is 22.8. The highest BCUT2D eigenvalue weighted by atomic mass is 16.6. The average Bonchev–Trinajstić information content (AvgIpc) is 2.91. The zero-order chi connectivity index (χ0) is 28.1. The Morgan fingerprint density at radius 3 is 2.32 bits per heavy atom. The minimum absolute atomic E-state index is 0.190. The summed E-state index contributed by atoms with van der Waals surface area (Å²) in [4.78, 5) is 36.0. The molecule has 38 heavy (non-hydrogen) atoms. The summed E-state index contributed by atoms with van der Waals surface area (Å²) in [6.45, 7) is 8.51. The lowest BCUT2D eigenvalue weighted by molar-refractivity contribution is -0.155. The number of hydrogen-bond acceptors (Lipinski definition) is 9. The van der Waals surface area contributed by atoms with Crippen LogP contribution in [0.25, 0.3) is 6.08 Å². The van der Waals surface area contributed by atoms with E-state index < -0.39 is 17.4 Å². The Kier molecular flexibility index (Phi) is 11.8. The number of carbonyl (C=O) groups excluding carboxylic acids is 3. The molecule has 0 bridgehead atoms. The molecular formula is C29H36O9. The summed E-state index contributed by atoms with van der Waals surface area (Å²) >= 11 is 0. The fourth-order valence-electron chi connectivity index (χ4n) is 3.07. The highest BCUT2D eigenvalue weighted by Crippen LogP contribution is 2.30. The van der Waals surface area contributed by atoms with Crippen LogP contribution in [0, 0.1) is 12.3 Å². The molecule has 0 aromatic heterocycles. The molecule has 0 amide bonds. The van der Waals surface area contributed by atoms with Crippen LogP contribution >= 0.6 is 0 Å². The molecule has 0 radical (unpaired) electrons. The third kappa shape index (κ3) is 9.23. The fourth-order valence-corrected chi connectivity index (χ4v) is 3.07. The average molecular weight is 529 g/mol. The van der Waals surface area contributed by atoms with Gasteiger partial charge in [-0.1, -0.05) is 13.0 Å². The van der Waals surface area contributed by atoms with Gasteiger partial charge in [-0.25, -0.2) is 9.59 Å². The highest BCUT2D eigenvalue weighted by molar-refractivity contribution is 5.93. The molecule has 9 heteroatoms. The van der Waals surface area contributed by atoms with Gasteiger partial charge in [0.25, 0.3) is 0 Å². The van der Waals surface area contributed by atoms with E-state index in [-0.39, 0.29) is 24.9 Å². The third-order valence-electron chi connectivity index (χ3n) is 5.81. The van der Waals surface area contributed by atoms with Crippen LogP contribution in [0.3, 0.4) is 0 Å². The largest absolute Gasteiger partial charge is 0.493 e. The molecule has 0 aliphatic rings. The molecule has 2 rings (SSSR count). The standard InChI is InChI=1S/C29H36O9/c1-7-29(3,4)28(32)37-17-15-35-14-16-36-22-10-11-23(20(2)18-22)27(31)38-24-12-8-21(19-25(24)33-5)9-13-26(30)34-6/h8-13,18-19H,7,14-17H2,1-6H3/b13-9+. The fraction of sp³-hybridized carbons (Fsp3) is 0.414. The van der Waals surface area contributed by atoms with Crippen molar-refractivity contribution in [2.75, 3.05) is 40.6 Å². The molecule has 0 spiro atoms. The summed E-state index contributed by atoms with van der Waals surface area (Å²) in [6.07, 6.45) is 3.55. The number of benzene rings is 2. The van der Waals surface area contributed by atoms with Crippen LogP contribution in [0.4, 0.5) is 0 Å². The smallest absolute Gasteiger partial charge is 0.343 e. The third-order valence-corrected chi connectivity index (χ3v) is 5.81. The Bertz CT molecular complexity index is 1130. The van der Waals surface area contributed by atoms with Gasteiger partial charge in [0.1, 0.15) is 19.0 Å². The molecule has 0 N–H and O–H groups in total. The van der Waals surface area contributed by atoms with E-state index in [1.807, 2.05) is 20.8 Å². The van der Waals surface area contributed by atoms with E-state index in [2.05, 4.69) is 4.74 Å². The summed E-state index contributed by atoms with van der Waals surface area (Å²) in [5.41, 5.74) is 1.23. The first kappa shape index (κ1) is 30.4. The van der Waals surface area contributed by atoms with Crippen LogP contribution in [-0.2, 0) is 23.8 Å². The zero-order valence-electron chi connectivity index (χ0n) is 22.8. The van der Waals surface area contributed by atoms with Crippen molar-refractivity contribution >= 4 is 24.0 Å². The van der Waals surface area contributed by atoms with Crippen molar-refractivity contribution in [3.05, 3.63) is 59.2 Å². The van der Waals surface area contributed by atoms with Crippen molar-refractivity contribution in [2.24, 2.45) is 5.41 Å². The van der Waals surface area contributed by atoms with Crippen LogP contribution in [0.1, 0.15) is 48.7 Å². The summed E-state index contributed by atoms with van der Waals surface area (Å²) < 4.78 is 31.8. The number of ether oxygens (including phenoxy) is 6. The topological polar surface area (TPSA) is 107 Å². The van der Waals surface area contributed by atoms with Crippen molar-refractivity contribution in [3.63, 3.8) is 0 Å². The molecule has 2 aromatic carbocycles. The SMILES string of the molecule is CCC(C)(C)C(=O)OCCOCCOc1ccc(C(=O)Oc2ccc(/C=C/C(=O)OC)cc2OC)c(C)c1. The highest BCUT2D eigenvalue weighted by Gasteiger charge is 2.26. The normalized spacial score (nSPS) is 11.2. The van der Waals surface area contributed by atoms with E-state index in [1.54, 1.807) is 49.4 Å². The molecule has 0 aliphatic carbocycles. The molecule has 206 valence electrons. The van der Waals surface area contributed by atoms with Gasteiger partial charge in [-0.3, -0.25) is 4.79 Å². The monoisotopic (exact) mass is 528 g/mol. The van der Waals surface area contributed by atoms with Crippen molar-refractivity contribution in [1.29, 1.82) is 0 Å². The van der Waals surface area contributed by atoms with E-state index in [0.29, 0.717) is 47.8 Å². The summed E-state index contributed by atoms with van der Waals surface area (Å²) in [5, 5.41) is 0. The Morgan fingerprint density at radius 2 is 1.66 bits per heavy atom. The van der Waals surface area contributed by atoms with Gasteiger partial charge < -0.3 is 28.4 Å². The number of hydrogen-bond donors (Lipinski definition) is 0. The van der Waals surface area contributed by atoms with Gasteiger partial charge >= 0.3 is 17.9 Å². The lowest BCUT2D eigenvalue weighted by atomic mass is 9.91. The van der Waals surface area contributed by atoms with E-state index >= 15 is 0 Å². The number of rotatable bonds is 14. The summed E-state index contributed by atoms with van der Waals surface area (Å²) in [6, 6.07) is 9.96. The van der Waals surface area contributed by atoms with Crippen LogP contribution in [-0.4, -0.2) is 58.6 Å². The molecule has 0 heterocycles. The Labute approximate surface area is 223 Å². The van der Waals surface area contributed by atoms with Gasteiger partial charge in [-0.15, -0.1) is 0 Å². The van der Waals surface area contributed by atoms with Gasteiger partial charge in [0.15, 0.2) is 11.5 Å². The molecule has 0 fully saturated rings. The van der Waals surface area contributed by atoms with Crippen molar-refractivity contribution in [2.45, 2.75) is 34.1 Å². The van der Waals surface area contributed by atoms with Crippen LogP contribution in [0.2, 0.25) is 0 Å². The maximum Gasteiger partial charge on any atom is 0.343 e. The van der Waals surface area contributed by atoms with E-state index in [9.17, 15) is 14.4 Å². The van der Waals surface area contributed by atoms with Gasteiger partial charge in [0, 0.05) is 6.08 Å². The second-order valence-electron chi connectivity index (χ2n) is 8.97. The maximum absolute atomic E-state index is 12.8. The number of esters is 3. The molecule has 0 aliphatic heterocycles. The first-order chi connectivity index (χ1) is 18.1. The van der Waals surface area contributed by atoms with Crippen LogP contribution in [0.5, 0.6) is 17.2 Å². The first-order valence-electron chi connectivity index (χ1n) is 12.3. The number of carbonyl (C=O) groups is 3.